The first kappa shape index (κ1) is 17.1. The van der Waals surface area contributed by atoms with E-state index in [1.807, 2.05) is 19.0 Å². The molecule has 0 atom stereocenters. The molecule has 0 aliphatic carbocycles. The molecular weight excluding hydrogens is 319 g/mol. The van der Waals surface area contributed by atoms with E-state index >= 15 is 0 Å². The van der Waals surface area contributed by atoms with E-state index in [2.05, 4.69) is 5.32 Å². The predicted octanol–water partition coefficient (Wildman–Crippen LogP) is 2.83. The average molecular weight is 336 g/mol. The van der Waals surface area contributed by atoms with Crippen LogP contribution < -0.4 is 5.32 Å². The molecule has 23 heavy (non-hydrogen) atoms. The van der Waals surface area contributed by atoms with Crippen molar-refractivity contribution in [1.29, 1.82) is 0 Å². The average Bonchev–Trinajstić information content (AvgIpc) is 2.90. The minimum atomic E-state index is -1.03. The van der Waals surface area contributed by atoms with Gasteiger partial charge in [-0.1, -0.05) is 6.07 Å². The fraction of sp³-hybridized carbons (Fsp3) is 0.250. The highest BCUT2D eigenvalue weighted by atomic mass is 32.1. The second-order valence-electron chi connectivity index (χ2n) is 5.38. The summed E-state index contributed by atoms with van der Waals surface area (Å²) in [6, 6.07) is 6.13. The van der Waals surface area contributed by atoms with Crippen molar-refractivity contribution in [3.63, 3.8) is 0 Å². The number of nitrogens with one attached hydrogen (secondary N) is 1. The van der Waals surface area contributed by atoms with Crippen LogP contribution in [-0.2, 0) is 17.8 Å². The van der Waals surface area contributed by atoms with Gasteiger partial charge in [-0.05, 0) is 37.9 Å². The molecule has 0 radical (unpaired) electrons. The summed E-state index contributed by atoms with van der Waals surface area (Å²) >= 11 is 1.19. The summed E-state index contributed by atoms with van der Waals surface area (Å²) in [6.45, 7) is 0.609. The molecule has 2 rings (SSSR count). The summed E-state index contributed by atoms with van der Waals surface area (Å²) in [6.07, 6.45) is 0.0107. The van der Waals surface area contributed by atoms with Gasteiger partial charge in [0.15, 0.2) is 0 Å². The maximum Gasteiger partial charge on any atom is 0.336 e. The van der Waals surface area contributed by atoms with Crippen LogP contribution in [0.4, 0.5) is 10.1 Å². The van der Waals surface area contributed by atoms with Gasteiger partial charge in [0.2, 0.25) is 5.91 Å². The molecule has 5 nitrogen and oxygen atoms in total. The zero-order valence-corrected chi connectivity index (χ0v) is 13.6. The van der Waals surface area contributed by atoms with Crippen molar-refractivity contribution in [2.45, 2.75) is 13.0 Å². The lowest BCUT2D eigenvalue weighted by molar-refractivity contribution is -0.115. The van der Waals surface area contributed by atoms with Gasteiger partial charge in [0.25, 0.3) is 0 Å². The minimum Gasteiger partial charge on any atom is -0.478 e. The Morgan fingerprint density at radius 1 is 1.30 bits per heavy atom. The van der Waals surface area contributed by atoms with Crippen LogP contribution in [0.15, 0.2) is 29.6 Å². The number of anilines is 1. The third kappa shape index (κ3) is 4.87. The molecule has 0 fully saturated rings. The topological polar surface area (TPSA) is 69.6 Å². The highest BCUT2D eigenvalue weighted by Gasteiger charge is 2.12. The number of amides is 1. The third-order valence-corrected chi connectivity index (χ3v) is 3.98. The molecule has 0 saturated heterocycles. The summed E-state index contributed by atoms with van der Waals surface area (Å²) < 4.78 is 14.0. The molecule has 1 aromatic heterocycles. The Morgan fingerprint density at radius 3 is 2.61 bits per heavy atom. The van der Waals surface area contributed by atoms with E-state index in [0.29, 0.717) is 11.4 Å². The van der Waals surface area contributed by atoms with Gasteiger partial charge < -0.3 is 15.3 Å². The number of hydrogen-bond acceptors (Lipinski definition) is 4. The Morgan fingerprint density at radius 2 is 2.04 bits per heavy atom. The van der Waals surface area contributed by atoms with Crippen LogP contribution in [0.3, 0.4) is 0 Å². The summed E-state index contributed by atoms with van der Waals surface area (Å²) in [7, 11) is 3.78. The summed E-state index contributed by atoms with van der Waals surface area (Å²) in [5.41, 5.74) is 1.08. The highest BCUT2D eigenvalue weighted by Crippen LogP contribution is 2.19. The Kier molecular flexibility index (Phi) is 5.46. The number of aromatic carboxylic acids is 1. The van der Waals surface area contributed by atoms with E-state index in [4.69, 9.17) is 5.11 Å². The fourth-order valence-corrected chi connectivity index (χ4v) is 2.92. The van der Waals surface area contributed by atoms with Gasteiger partial charge >= 0.3 is 5.97 Å². The van der Waals surface area contributed by atoms with E-state index in [1.54, 1.807) is 6.07 Å². The van der Waals surface area contributed by atoms with Gasteiger partial charge in [0.1, 0.15) is 5.82 Å². The molecule has 0 spiro atoms. The highest BCUT2D eigenvalue weighted by molar-refractivity contribution is 7.10. The van der Waals surface area contributed by atoms with Crippen molar-refractivity contribution in [3.8, 4) is 0 Å². The Hall–Kier alpha value is -2.25. The Bertz CT molecular complexity index is 728. The van der Waals surface area contributed by atoms with Gasteiger partial charge in [0.05, 0.1) is 17.7 Å². The monoisotopic (exact) mass is 336 g/mol. The third-order valence-electron chi connectivity index (χ3n) is 3.04. The molecule has 0 aliphatic rings. The molecule has 122 valence electrons. The van der Waals surface area contributed by atoms with E-state index < -0.39 is 11.8 Å². The standard InChI is InChI=1S/C16H17FN2O3S/c1-19(2)8-10-3-4-14(13(17)5-10)18-15(20)7-12-6-11(9-23-12)16(21)22/h3-6,9H,7-8H2,1-2H3,(H,18,20)(H,21,22). The SMILES string of the molecule is CN(C)Cc1ccc(NC(=O)Cc2cc(C(=O)O)cs2)c(F)c1. The number of carboxylic acid groups (broad SMARTS) is 1. The maximum atomic E-state index is 14.0. The molecule has 1 amide bonds. The first-order valence-corrected chi connectivity index (χ1v) is 7.77. The van der Waals surface area contributed by atoms with Gasteiger partial charge in [-0.3, -0.25) is 4.79 Å². The van der Waals surface area contributed by atoms with Crippen LogP contribution in [0, 0.1) is 5.82 Å². The van der Waals surface area contributed by atoms with Crippen LogP contribution in [0.5, 0.6) is 0 Å². The number of carboxylic acids is 1. The molecule has 1 aromatic carbocycles. The van der Waals surface area contributed by atoms with Crippen molar-refractivity contribution in [2.24, 2.45) is 0 Å². The zero-order chi connectivity index (χ0) is 17.0. The number of benzene rings is 1. The molecule has 1 heterocycles. The van der Waals surface area contributed by atoms with Crippen molar-refractivity contribution in [3.05, 3.63) is 51.5 Å². The molecule has 2 N–H and O–H groups in total. The van der Waals surface area contributed by atoms with E-state index in [-0.39, 0.29) is 23.6 Å². The van der Waals surface area contributed by atoms with E-state index in [1.165, 1.54) is 34.9 Å². The minimum absolute atomic E-state index is 0.0107. The second kappa shape index (κ2) is 7.34. The summed E-state index contributed by atoms with van der Waals surface area (Å²) in [5, 5.41) is 12.8. The van der Waals surface area contributed by atoms with Crippen LogP contribution in [0.25, 0.3) is 0 Å². The number of nitrogens with zero attached hydrogens (tertiary/aromatic N) is 1. The van der Waals surface area contributed by atoms with Gasteiger partial charge in [-0.25, -0.2) is 9.18 Å². The second-order valence-corrected chi connectivity index (χ2v) is 6.38. The van der Waals surface area contributed by atoms with Crippen LogP contribution in [0.2, 0.25) is 0 Å². The van der Waals surface area contributed by atoms with E-state index in [0.717, 1.165) is 5.56 Å². The normalized spacial score (nSPS) is 10.8. The summed E-state index contributed by atoms with van der Waals surface area (Å²) in [5.74, 6) is -1.91. The van der Waals surface area contributed by atoms with Gasteiger partial charge in [-0.2, -0.15) is 0 Å². The van der Waals surface area contributed by atoms with Crippen molar-refractivity contribution in [1.82, 2.24) is 4.90 Å². The van der Waals surface area contributed by atoms with Crippen molar-refractivity contribution in [2.75, 3.05) is 19.4 Å². The molecule has 0 bridgehead atoms. The van der Waals surface area contributed by atoms with Crippen LogP contribution >= 0.6 is 11.3 Å². The number of carbonyl (C=O) groups is 2. The first-order valence-electron chi connectivity index (χ1n) is 6.89. The molecule has 0 unspecified atom stereocenters. The molecule has 7 heteroatoms. The number of thiophene rings is 1. The smallest absolute Gasteiger partial charge is 0.336 e. The Balaban J connectivity index is 2.00. The molecule has 2 aromatic rings. The first-order chi connectivity index (χ1) is 10.8. The molecule has 0 saturated carbocycles. The summed E-state index contributed by atoms with van der Waals surface area (Å²) in [4.78, 5) is 25.3. The lowest BCUT2D eigenvalue weighted by Crippen LogP contribution is -2.15. The number of carbonyl (C=O) groups excluding carboxylic acids is 1. The number of halogens is 1. The fourth-order valence-electron chi connectivity index (χ4n) is 2.06. The number of rotatable bonds is 6. The predicted molar refractivity (Wildman–Crippen MR) is 87.4 cm³/mol. The molecule has 0 aliphatic heterocycles. The van der Waals surface area contributed by atoms with E-state index in [9.17, 15) is 14.0 Å². The van der Waals surface area contributed by atoms with Crippen LogP contribution in [-0.4, -0.2) is 36.0 Å². The number of hydrogen-bond donors (Lipinski definition) is 2. The van der Waals surface area contributed by atoms with Crippen molar-refractivity contribution < 1.29 is 19.1 Å². The zero-order valence-electron chi connectivity index (χ0n) is 12.8. The Labute approximate surface area is 137 Å². The van der Waals surface area contributed by atoms with Crippen LogP contribution in [0.1, 0.15) is 20.8 Å². The van der Waals surface area contributed by atoms with Gasteiger partial charge in [0, 0.05) is 16.8 Å². The quantitative estimate of drug-likeness (QED) is 0.851. The lowest BCUT2D eigenvalue weighted by Gasteiger charge is -2.11. The molecular formula is C16H17FN2O3S. The van der Waals surface area contributed by atoms with Crippen molar-refractivity contribution >= 4 is 28.9 Å². The van der Waals surface area contributed by atoms with Gasteiger partial charge in [-0.15, -0.1) is 11.3 Å². The maximum absolute atomic E-state index is 14.0. The largest absolute Gasteiger partial charge is 0.478 e. The lowest BCUT2D eigenvalue weighted by atomic mass is 10.2.